The van der Waals surface area contributed by atoms with Gasteiger partial charge in [-0.1, -0.05) is 32.0 Å². The normalized spacial score (nSPS) is 13.1. The summed E-state index contributed by atoms with van der Waals surface area (Å²) in [5.41, 5.74) is 1.63. The average molecular weight is 387 g/mol. The van der Waals surface area contributed by atoms with Crippen LogP contribution in [0, 0.1) is 5.92 Å². The maximum absolute atomic E-state index is 12.5. The summed E-state index contributed by atoms with van der Waals surface area (Å²) in [5.74, 6) is -2.82. The van der Waals surface area contributed by atoms with Crippen LogP contribution in [0.25, 0.3) is 10.9 Å². The van der Waals surface area contributed by atoms with E-state index >= 15 is 0 Å². The first-order valence-corrected chi connectivity index (χ1v) is 9.06. The van der Waals surface area contributed by atoms with Crippen molar-refractivity contribution in [2.75, 3.05) is 0 Å². The number of amides is 2. The molecular formula is C20H25N3O5. The number of hydrogen-bond acceptors (Lipinski definition) is 4. The molecule has 1 aromatic carbocycles. The molecule has 150 valence electrons. The summed E-state index contributed by atoms with van der Waals surface area (Å²) >= 11 is 0. The van der Waals surface area contributed by atoms with Crippen molar-refractivity contribution in [3.8, 4) is 0 Å². The van der Waals surface area contributed by atoms with Gasteiger partial charge in [0.2, 0.25) is 11.8 Å². The van der Waals surface area contributed by atoms with E-state index in [2.05, 4.69) is 15.6 Å². The van der Waals surface area contributed by atoms with Crippen molar-refractivity contribution in [1.29, 1.82) is 0 Å². The van der Waals surface area contributed by atoms with Crippen molar-refractivity contribution in [2.24, 2.45) is 5.92 Å². The number of carbonyl (C=O) groups is 4. The van der Waals surface area contributed by atoms with Crippen LogP contribution in [0.2, 0.25) is 0 Å². The number of para-hydroxylation sites is 1. The van der Waals surface area contributed by atoms with E-state index in [1.165, 1.54) is 6.92 Å². The van der Waals surface area contributed by atoms with E-state index in [4.69, 9.17) is 5.11 Å². The van der Waals surface area contributed by atoms with Crippen molar-refractivity contribution >= 4 is 34.5 Å². The van der Waals surface area contributed by atoms with Gasteiger partial charge in [-0.2, -0.15) is 0 Å². The van der Waals surface area contributed by atoms with Crippen LogP contribution in [0.15, 0.2) is 30.3 Å². The third kappa shape index (κ3) is 5.67. The van der Waals surface area contributed by atoms with Crippen molar-refractivity contribution in [1.82, 2.24) is 15.6 Å². The molecule has 0 fully saturated rings. The van der Waals surface area contributed by atoms with Gasteiger partial charge in [-0.05, 0) is 30.4 Å². The van der Waals surface area contributed by atoms with Crippen LogP contribution in [0.5, 0.6) is 0 Å². The second kappa shape index (κ2) is 9.16. The van der Waals surface area contributed by atoms with Crippen molar-refractivity contribution in [2.45, 2.75) is 45.7 Å². The molecule has 1 aromatic heterocycles. The summed E-state index contributed by atoms with van der Waals surface area (Å²) in [6.07, 6.45) is -0.439. The van der Waals surface area contributed by atoms with E-state index < -0.39 is 36.2 Å². The molecule has 4 N–H and O–H groups in total. The Morgan fingerprint density at radius 2 is 1.79 bits per heavy atom. The fraction of sp³-hybridized carbons (Fsp3) is 0.400. The number of hydrogen-bond donors (Lipinski definition) is 4. The minimum atomic E-state index is -1.19. The zero-order valence-corrected chi connectivity index (χ0v) is 16.1. The van der Waals surface area contributed by atoms with Crippen LogP contribution in [-0.2, 0) is 25.6 Å². The molecule has 2 amide bonds. The molecular weight excluding hydrogens is 362 g/mol. The van der Waals surface area contributed by atoms with Crippen molar-refractivity contribution < 1.29 is 24.3 Å². The minimum Gasteiger partial charge on any atom is -0.481 e. The molecule has 1 heterocycles. The van der Waals surface area contributed by atoms with Crippen LogP contribution in [0.1, 0.15) is 32.9 Å². The Kier molecular flexibility index (Phi) is 6.92. The van der Waals surface area contributed by atoms with Crippen molar-refractivity contribution in [3.05, 3.63) is 36.0 Å². The van der Waals surface area contributed by atoms with Gasteiger partial charge in [0.15, 0.2) is 5.78 Å². The first-order chi connectivity index (χ1) is 13.2. The fourth-order valence-corrected chi connectivity index (χ4v) is 2.89. The first kappa shape index (κ1) is 21.1. The molecule has 0 aliphatic carbocycles. The number of aliphatic carboxylic acids is 1. The number of Topliss-reactive ketones (excluding diaryl/α,β-unsaturated/α-hetero) is 1. The predicted molar refractivity (Wildman–Crippen MR) is 104 cm³/mol. The predicted octanol–water partition coefficient (Wildman–Crippen LogP) is 1.40. The molecule has 2 atom stereocenters. The summed E-state index contributed by atoms with van der Waals surface area (Å²) in [5, 5.41) is 15.0. The number of aromatic nitrogens is 1. The van der Waals surface area contributed by atoms with Gasteiger partial charge < -0.3 is 20.7 Å². The lowest BCUT2D eigenvalue weighted by Gasteiger charge is -2.24. The largest absolute Gasteiger partial charge is 0.481 e. The van der Waals surface area contributed by atoms with E-state index in [-0.39, 0.29) is 18.2 Å². The summed E-state index contributed by atoms with van der Waals surface area (Å²) in [6, 6.07) is 7.50. The van der Waals surface area contributed by atoms with E-state index in [1.54, 1.807) is 13.8 Å². The number of rotatable bonds is 9. The monoisotopic (exact) mass is 387 g/mol. The van der Waals surface area contributed by atoms with E-state index in [0.717, 1.165) is 10.9 Å². The highest BCUT2D eigenvalue weighted by atomic mass is 16.4. The van der Waals surface area contributed by atoms with Crippen LogP contribution < -0.4 is 10.6 Å². The van der Waals surface area contributed by atoms with Crippen LogP contribution in [0.3, 0.4) is 0 Å². The van der Waals surface area contributed by atoms with Gasteiger partial charge in [0.05, 0.1) is 18.9 Å². The number of carboxylic acid groups (broad SMARTS) is 1. The highest BCUT2D eigenvalue weighted by Gasteiger charge is 2.28. The Labute approximate surface area is 162 Å². The summed E-state index contributed by atoms with van der Waals surface area (Å²) < 4.78 is 0. The number of carboxylic acids is 1. The Bertz CT molecular complexity index is 854. The van der Waals surface area contributed by atoms with Gasteiger partial charge >= 0.3 is 5.97 Å². The number of aromatic amines is 1. The van der Waals surface area contributed by atoms with E-state index in [0.29, 0.717) is 5.69 Å². The number of H-pyrrole nitrogens is 1. The standard InChI is InChI=1S/C20H25N3O5/c1-11(2)19(20(28)22-16(12(3)24)10-18(26)27)23-17(25)9-14-8-13-6-4-5-7-15(13)21-14/h4-8,11,16,19,21H,9-10H2,1-3H3,(H,22,28)(H,23,25)(H,26,27). The molecule has 2 rings (SSSR count). The smallest absolute Gasteiger partial charge is 0.305 e. The lowest BCUT2D eigenvalue weighted by atomic mass is 10.0. The molecule has 28 heavy (non-hydrogen) atoms. The van der Waals surface area contributed by atoms with Gasteiger partial charge in [-0.3, -0.25) is 19.2 Å². The molecule has 0 aliphatic heterocycles. The molecule has 8 heteroatoms. The lowest BCUT2D eigenvalue weighted by molar-refractivity contribution is -0.140. The second-order valence-corrected chi connectivity index (χ2v) is 7.12. The summed E-state index contributed by atoms with van der Waals surface area (Å²) in [4.78, 5) is 50.6. The van der Waals surface area contributed by atoms with E-state index in [1.807, 2.05) is 30.3 Å². The number of carbonyl (C=O) groups excluding carboxylic acids is 3. The maximum atomic E-state index is 12.5. The Hall–Kier alpha value is -3.16. The van der Waals surface area contributed by atoms with E-state index in [9.17, 15) is 19.2 Å². The summed E-state index contributed by atoms with van der Waals surface area (Å²) in [7, 11) is 0. The molecule has 0 spiro atoms. The zero-order chi connectivity index (χ0) is 20.8. The van der Waals surface area contributed by atoms with Gasteiger partial charge in [-0.25, -0.2) is 0 Å². The van der Waals surface area contributed by atoms with Crippen molar-refractivity contribution in [3.63, 3.8) is 0 Å². The molecule has 0 aliphatic rings. The second-order valence-electron chi connectivity index (χ2n) is 7.12. The zero-order valence-electron chi connectivity index (χ0n) is 16.1. The average Bonchev–Trinajstić information content (AvgIpc) is 3.00. The topological polar surface area (TPSA) is 128 Å². The Morgan fingerprint density at radius 3 is 2.36 bits per heavy atom. The molecule has 0 radical (unpaired) electrons. The first-order valence-electron chi connectivity index (χ1n) is 9.06. The highest BCUT2D eigenvalue weighted by molar-refractivity contribution is 5.94. The van der Waals surface area contributed by atoms with Gasteiger partial charge in [0, 0.05) is 11.2 Å². The van der Waals surface area contributed by atoms with Gasteiger partial charge in [0.25, 0.3) is 0 Å². The molecule has 8 nitrogen and oxygen atoms in total. The minimum absolute atomic E-state index is 0.0659. The number of fused-ring (bicyclic) bond motifs is 1. The lowest BCUT2D eigenvalue weighted by Crippen LogP contribution is -2.54. The molecule has 0 saturated heterocycles. The number of ketones is 1. The third-order valence-corrected chi connectivity index (χ3v) is 4.39. The Morgan fingerprint density at radius 1 is 1.11 bits per heavy atom. The highest BCUT2D eigenvalue weighted by Crippen LogP contribution is 2.15. The molecule has 0 saturated carbocycles. The number of benzene rings is 1. The maximum Gasteiger partial charge on any atom is 0.305 e. The third-order valence-electron chi connectivity index (χ3n) is 4.39. The van der Waals surface area contributed by atoms with Gasteiger partial charge in [0.1, 0.15) is 6.04 Å². The Balaban J connectivity index is 2.04. The molecule has 2 unspecified atom stereocenters. The van der Waals surface area contributed by atoms with Gasteiger partial charge in [-0.15, -0.1) is 0 Å². The van der Waals surface area contributed by atoms with Crippen LogP contribution in [-0.4, -0.2) is 45.7 Å². The molecule has 2 aromatic rings. The van der Waals surface area contributed by atoms with Crippen LogP contribution in [0.4, 0.5) is 0 Å². The summed E-state index contributed by atoms with van der Waals surface area (Å²) in [6.45, 7) is 4.73. The molecule has 0 bridgehead atoms. The quantitative estimate of drug-likeness (QED) is 0.517. The number of nitrogens with one attached hydrogen (secondary N) is 3. The van der Waals surface area contributed by atoms with Crippen LogP contribution >= 0.6 is 0 Å². The fourth-order valence-electron chi connectivity index (χ4n) is 2.89. The SMILES string of the molecule is CC(=O)C(CC(=O)O)NC(=O)C(NC(=O)Cc1cc2ccccc2[nH]1)C(C)C.